The summed E-state index contributed by atoms with van der Waals surface area (Å²) in [5.41, 5.74) is 2.74. The highest BCUT2D eigenvalue weighted by molar-refractivity contribution is 8.26. The third kappa shape index (κ3) is 4.73. The molecule has 6 nitrogen and oxygen atoms in total. The van der Waals surface area contributed by atoms with E-state index in [2.05, 4.69) is 0 Å². The number of thioether (sulfide) groups is 1. The molecular formula is C22H15Cl2N3O3S2. The first-order valence-corrected chi connectivity index (χ1v) is 11.4. The van der Waals surface area contributed by atoms with Gasteiger partial charge in [-0.25, -0.2) is 4.68 Å². The number of hydrogen-bond acceptors (Lipinski definition) is 5. The molecule has 0 unspecified atom stereocenters. The van der Waals surface area contributed by atoms with Crippen LogP contribution in [0.25, 0.3) is 23.0 Å². The summed E-state index contributed by atoms with van der Waals surface area (Å²) in [6.07, 6.45) is 3.32. The molecule has 2 aromatic carbocycles. The fourth-order valence-electron chi connectivity index (χ4n) is 3.14. The van der Waals surface area contributed by atoms with Crippen LogP contribution in [0.15, 0.2) is 59.6 Å². The van der Waals surface area contributed by atoms with Crippen LogP contribution in [0.2, 0.25) is 10.0 Å². The molecular weight excluding hydrogens is 489 g/mol. The van der Waals surface area contributed by atoms with Gasteiger partial charge in [-0.3, -0.25) is 14.5 Å². The number of nitrogens with zero attached hydrogens (tertiary/aromatic N) is 3. The van der Waals surface area contributed by atoms with E-state index in [0.717, 1.165) is 17.4 Å². The Bertz CT molecular complexity index is 1260. The number of aliphatic carboxylic acids is 1. The van der Waals surface area contributed by atoms with Crippen molar-refractivity contribution in [1.29, 1.82) is 0 Å². The lowest BCUT2D eigenvalue weighted by Crippen LogP contribution is -2.30. The number of carboxylic acids is 1. The minimum absolute atomic E-state index is 0.0243. The number of carbonyl (C=O) groups excluding carboxylic acids is 1. The van der Waals surface area contributed by atoms with Gasteiger partial charge in [0.15, 0.2) is 0 Å². The van der Waals surface area contributed by atoms with Gasteiger partial charge in [0.2, 0.25) is 0 Å². The summed E-state index contributed by atoms with van der Waals surface area (Å²) in [4.78, 5) is 25.4. The van der Waals surface area contributed by atoms with Gasteiger partial charge in [0, 0.05) is 28.9 Å². The SMILES string of the molecule is O=C(O)CCN1C(=O)/C(=C/c2cn(-c3ccccc3)nc2-c2ccc(Cl)cc2Cl)SC1=S. The highest BCUT2D eigenvalue weighted by Gasteiger charge is 2.32. The van der Waals surface area contributed by atoms with Crippen LogP contribution in [0.1, 0.15) is 12.0 Å². The predicted molar refractivity (Wildman–Crippen MR) is 131 cm³/mol. The van der Waals surface area contributed by atoms with Gasteiger partial charge in [-0.05, 0) is 36.4 Å². The van der Waals surface area contributed by atoms with Gasteiger partial charge in [-0.2, -0.15) is 5.10 Å². The Morgan fingerprint density at radius 2 is 1.94 bits per heavy atom. The number of halogens is 2. The highest BCUT2D eigenvalue weighted by atomic mass is 35.5. The third-order valence-corrected chi connectivity index (χ3v) is 6.58. The van der Waals surface area contributed by atoms with Crippen molar-refractivity contribution in [3.8, 4) is 16.9 Å². The van der Waals surface area contributed by atoms with Crippen LogP contribution in [0.5, 0.6) is 0 Å². The Kier molecular flexibility index (Phi) is 6.66. The summed E-state index contributed by atoms with van der Waals surface area (Å²) >= 11 is 18.9. The summed E-state index contributed by atoms with van der Waals surface area (Å²) in [6, 6.07) is 14.7. The maximum atomic E-state index is 12.9. The normalized spacial score (nSPS) is 15.1. The minimum Gasteiger partial charge on any atom is -0.481 e. The van der Waals surface area contributed by atoms with Crippen molar-refractivity contribution in [2.24, 2.45) is 0 Å². The summed E-state index contributed by atoms with van der Waals surface area (Å²) in [5, 5.41) is 14.6. The standard InChI is InChI=1S/C22H15Cl2N3O3S2/c23-14-6-7-16(17(24)11-14)20-13(12-27(25-20)15-4-2-1-3-5-15)10-18-21(30)26(22(31)32-18)9-8-19(28)29/h1-7,10-12H,8-9H2,(H,28,29)/b18-10-. The Hall–Kier alpha value is -2.65. The molecule has 1 amide bonds. The summed E-state index contributed by atoms with van der Waals surface area (Å²) in [7, 11) is 0. The lowest BCUT2D eigenvalue weighted by molar-refractivity contribution is -0.137. The first-order chi connectivity index (χ1) is 15.3. The molecule has 0 bridgehead atoms. The van der Waals surface area contributed by atoms with Crippen LogP contribution >= 0.6 is 47.2 Å². The Morgan fingerprint density at radius 3 is 2.62 bits per heavy atom. The average molecular weight is 504 g/mol. The van der Waals surface area contributed by atoms with E-state index in [0.29, 0.717) is 36.1 Å². The molecule has 1 saturated heterocycles. The predicted octanol–water partition coefficient (Wildman–Crippen LogP) is 5.52. The van der Waals surface area contributed by atoms with Gasteiger partial charge in [-0.15, -0.1) is 0 Å². The summed E-state index contributed by atoms with van der Waals surface area (Å²) in [5.74, 6) is -1.33. The van der Waals surface area contributed by atoms with Gasteiger partial charge in [0.1, 0.15) is 10.0 Å². The van der Waals surface area contributed by atoms with Gasteiger partial charge in [0.05, 0.1) is 22.0 Å². The van der Waals surface area contributed by atoms with E-state index < -0.39 is 5.97 Å². The zero-order chi connectivity index (χ0) is 22.8. The molecule has 162 valence electrons. The number of thiocarbonyl (C=S) groups is 1. The molecule has 1 fully saturated rings. The van der Waals surface area contributed by atoms with Crippen molar-refractivity contribution in [1.82, 2.24) is 14.7 Å². The average Bonchev–Trinajstić information content (AvgIpc) is 3.28. The quantitative estimate of drug-likeness (QED) is 0.352. The Balaban J connectivity index is 1.77. The molecule has 2 heterocycles. The van der Waals surface area contributed by atoms with Crippen molar-refractivity contribution >= 4 is 69.5 Å². The van der Waals surface area contributed by atoms with E-state index >= 15 is 0 Å². The highest BCUT2D eigenvalue weighted by Crippen LogP contribution is 2.37. The minimum atomic E-state index is -0.994. The second kappa shape index (κ2) is 9.46. The smallest absolute Gasteiger partial charge is 0.305 e. The number of carboxylic acid groups (broad SMARTS) is 1. The van der Waals surface area contributed by atoms with Crippen LogP contribution in [0.3, 0.4) is 0 Å². The van der Waals surface area contributed by atoms with Crippen LogP contribution in [0, 0.1) is 0 Å². The van der Waals surface area contributed by atoms with E-state index in [-0.39, 0.29) is 18.9 Å². The number of para-hydroxylation sites is 1. The van der Waals surface area contributed by atoms with Crippen molar-refractivity contribution in [3.63, 3.8) is 0 Å². The van der Waals surface area contributed by atoms with Gasteiger partial charge < -0.3 is 5.11 Å². The van der Waals surface area contributed by atoms with E-state index in [9.17, 15) is 9.59 Å². The molecule has 1 N–H and O–H groups in total. The molecule has 32 heavy (non-hydrogen) atoms. The molecule has 1 aromatic heterocycles. The zero-order valence-electron chi connectivity index (χ0n) is 16.4. The Labute approximate surface area is 203 Å². The van der Waals surface area contributed by atoms with Crippen molar-refractivity contribution in [3.05, 3.63) is 75.2 Å². The molecule has 0 atom stereocenters. The number of hydrogen-bond donors (Lipinski definition) is 1. The number of aromatic nitrogens is 2. The lowest BCUT2D eigenvalue weighted by atomic mass is 10.1. The van der Waals surface area contributed by atoms with Crippen molar-refractivity contribution in [2.45, 2.75) is 6.42 Å². The Morgan fingerprint density at radius 1 is 1.19 bits per heavy atom. The largest absolute Gasteiger partial charge is 0.481 e. The molecule has 0 aliphatic carbocycles. The van der Waals surface area contributed by atoms with Crippen LogP contribution in [-0.2, 0) is 9.59 Å². The van der Waals surface area contributed by atoms with E-state index in [1.165, 1.54) is 4.90 Å². The molecule has 4 rings (SSSR count). The first-order valence-electron chi connectivity index (χ1n) is 9.41. The van der Waals surface area contributed by atoms with Crippen molar-refractivity contribution in [2.75, 3.05) is 6.54 Å². The molecule has 1 aliphatic rings. The van der Waals surface area contributed by atoms with Gasteiger partial charge in [-0.1, -0.05) is 65.4 Å². The number of amides is 1. The summed E-state index contributed by atoms with van der Waals surface area (Å²) in [6.45, 7) is 0.0243. The zero-order valence-corrected chi connectivity index (χ0v) is 19.5. The maximum absolute atomic E-state index is 12.9. The van der Waals surface area contributed by atoms with E-state index in [1.54, 1.807) is 35.2 Å². The second-order valence-corrected chi connectivity index (χ2v) is 9.33. The van der Waals surface area contributed by atoms with Crippen LogP contribution in [-0.4, -0.2) is 42.5 Å². The van der Waals surface area contributed by atoms with Crippen LogP contribution in [0.4, 0.5) is 0 Å². The lowest BCUT2D eigenvalue weighted by Gasteiger charge is -2.12. The number of rotatable bonds is 6. The fourth-order valence-corrected chi connectivity index (χ4v) is 4.94. The molecule has 0 spiro atoms. The van der Waals surface area contributed by atoms with Crippen molar-refractivity contribution < 1.29 is 14.7 Å². The maximum Gasteiger partial charge on any atom is 0.305 e. The van der Waals surface area contributed by atoms with Crippen LogP contribution < -0.4 is 0 Å². The monoisotopic (exact) mass is 503 g/mol. The number of carbonyl (C=O) groups is 2. The van der Waals surface area contributed by atoms with E-state index in [1.807, 2.05) is 30.3 Å². The molecule has 10 heteroatoms. The molecule has 0 saturated carbocycles. The van der Waals surface area contributed by atoms with E-state index in [4.69, 9.17) is 45.6 Å². The summed E-state index contributed by atoms with van der Waals surface area (Å²) < 4.78 is 2.03. The molecule has 0 radical (unpaired) electrons. The van der Waals surface area contributed by atoms with Gasteiger partial charge >= 0.3 is 5.97 Å². The first kappa shape index (κ1) is 22.5. The second-order valence-electron chi connectivity index (χ2n) is 6.81. The third-order valence-electron chi connectivity index (χ3n) is 4.66. The molecule has 1 aliphatic heterocycles. The molecule has 3 aromatic rings. The fraction of sp³-hybridized carbons (Fsp3) is 0.0909. The topological polar surface area (TPSA) is 75.4 Å². The number of benzene rings is 2. The van der Waals surface area contributed by atoms with Gasteiger partial charge in [0.25, 0.3) is 5.91 Å².